The Balaban J connectivity index is 1.33. The summed E-state index contributed by atoms with van der Waals surface area (Å²) in [6.45, 7) is 8.88. The molecule has 0 radical (unpaired) electrons. The maximum atomic E-state index is 15.6. The first-order chi connectivity index (χ1) is 39.8. The zero-order valence-electron chi connectivity index (χ0n) is 50.1. The maximum absolute atomic E-state index is 15.6. The van der Waals surface area contributed by atoms with Crippen LogP contribution < -0.4 is 19.5 Å². The number of rotatable bonds is 8. The van der Waals surface area contributed by atoms with E-state index in [4.69, 9.17) is 28.4 Å². The van der Waals surface area contributed by atoms with Gasteiger partial charge in [-0.1, -0.05) is 48.5 Å². The monoisotopic (exact) mass is 1170 g/mol. The van der Waals surface area contributed by atoms with Gasteiger partial charge in [0, 0.05) is 52.9 Å². The molecule has 6 rings (SSSR count). The number of piperidine rings is 1. The van der Waals surface area contributed by atoms with Crippen molar-refractivity contribution in [2.24, 2.45) is 5.41 Å². The fraction of sp³-hybridized carbons (Fsp3) is 0.532. The summed E-state index contributed by atoms with van der Waals surface area (Å²) in [5, 5.41) is 2.81. The Bertz CT molecular complexity index is 2910. The van der Waals surface area contributed by atoms with Gasteiger partial charge in [-0.2, -0.15) is 0 Å². The van der Waals surface area contributed by atoms with Crippen LogP contribution in [0.25, 0.3) is 0 Å². The van der Waals surface area contributed by atoms with Crippen molar-refractivity contribution in [3.8, 4) is 17.2 Å². The van der Waals surface area contributed by atoms with Crippen LogP contribution in [0.15, 0.2) is 78.9 Å². The molecule has 22 heteroatoms. The number of benzene rings is 3. The molecule has 0 aromatic heterocycles. The molecule has 3 aliphatic heterocycles. The number of carbonyl (C=O) groups is 9. The Hall–Kier alpha value is -7.88. The van der Waals surface area contributed by atoms with Crippen molar-refractivity contribution in [3.05, 3.63) is 101 Å². The fourth-order valence-corrected chi connectivity index (χ4v) is 10.1. The third kappa shape index (κ3) is 16.7. The molecule has 2 fully saturated rings. The summed E-state index contributed by atoms with van der Waals surface area (Å²) in [5.41, 5.74) is -1.30. The molecule has 6 amide bonds. The molecule has 6 atom stereocenters. The van der Waals surface area contributed by atoms with Crippen LogP contribution in [-0.4, -0.2) is 182 Å². The highest BCUT2D eigenvalue weighted by atomic mass is 19.1. The minimum Gasteiger partial charge on any atom is -0.493 e. The van der Waals surface area contributed by atoms with E-state index >= 15 is 4.39 Å². The van der Waals surface area contributed by atoms with Crippen LogP contribution in [0.2, 0.25) is 0 Å². The topological polar surface area (TPSA) is 237 Å². The van der Waals surface area contributed by atoms with E-state index in [2.05, 4.69) is 5.32 Å². The molecule has 3 aromatic rings. The highest BCUT2D eigenvalue weighted by molar-refractivity contribution is 6.38. The number of likely N-dealkylation sites (N-methyl/N-ethyl adjacent to an activating group) is 3. The van der Waals surface area contributed by atoms with Gasteiger partial charge in [0.05, 0.1) is 31.8 Å². The second kappa shape index (κ2) is 29.1. The van der Waals surface area contributed by atoms with Gasteiger partial charge in [0.1, 0.15) is 54.5 Å². The number of hydrogen-bond donors (Lipinski definition) is 1. The molecule has 2 unspecified atom stereocenters. The van der Waals surface area contributed by atoms with E-state index in [1.54, 1.807) is 82.4 Å². The second-order valence-corrected chi connectivity index (χ2v) is 23.0. The van der Waals surface area contributed by atoms with E-state index in [-0.39, 0.29) is 80.6 Å². The lowest BCUT2D eigenvalue weighted by Crippen LogP contribution is -2.58. The highest BCUT2D eigenvalue weighted by Crippen LogP contribution is 2.35. The second-order valence-electron chi connectivity index (χ2n) is 23.0. The molecule has 2 bridgehead atoms. The lowest BCUT2D eigenvalue weighted by molar-refractivity contribution is -0.165. The summed E-state index contributed by atoms with van der Waals surface area (Å²) in [4.78, 5) is 134. The largest absolute Gasteiger partial charge is 0.493 e. The molecule has 84 heavy (non-hydrogen) atoms. The normalized spacial score (nSPS) is 23.7. The van der Waals surface area contributed by atoms with Crippen LogP contribution in [0.5, 0.6) is 17.2 Å². The number of ether oxygens (including phenoxy) is 6. The number of esters is 2. The summed E-state index contributed by atoms with van der Waals surface area (Å²) >= 11 is 0. The summed E-state index contributed by atoms with van der Waals surface area (Å²) in [5.74, 6) is -6.43. The van der Waals surface area contributed by atoms with Gasteiger partial charge in [-0.25, -0.2) is 14.0 Å². The van der Waals surface area contributed by atoms with Crippen LogP contribution in [0.1, 0.15) is 115 Å². The Morgan fingerprint density at radius 1 is 0.738 bits per heavy atom. The number of methoxy groups -OCH3 is 2. The molecule has 0 spiro atoms. The van der Waals surface area contributed by atoms with Crippen molar-refractivity contribution >= 4 is 53.2 Å². The van der Waals surface area contributed by atoms with Crippen LogP contribution in [0, 0.1) is 11.2 Å². The van der Waals surface area contributed by atoms with Gasteiger partial charge in [-0.15, -0.1) is 0 Å². The molecule has 0 aliphatic carbocycles. The Morgan fingerprint density at radius 3 is 2.10 bits per heavy atom. The number of carbonyl (C=O) groups excluding carboxylic acids is 9. The van der Waals surface area contributed by atoms with Gasteiger partial charge >= 0.3 is 11.9 Å². The number of amides is 6. The van der Waals surface area contributed by atoms with E-state index in [9.17, 15) is 43.2 Å². The van der Waals surface area contributed by atoms with E-state index in [1.807, 2.05) is 0 Å². The zero-order chi connectivity index (χ0) is 61.6. The lowest BCUT2D eigenvalue weighted by atomic mass is 9.87. The predicted octanol–water partition coefficient (Wildman–Crippen LogP) is 5.71. The third-order valence-electron chi connectivity index (χ3n) is 15.4. The maximum Gasteiger partial charge on any atom is 0.330 e. The molecular formula is C62H81FN6O15. The number of fused-ring (bicyclic) bond motifs is 4. The van der Waals surface area contributed by atoms with Crippen molar-refractivity contribution < 1.29 is 76.0 Å². The Labute approximate surface area is 491 Å². The van der Waals surface area contributed by atoms with Crippen LogP contribution in [0.3, 0.4) is 0 Å². The van der Waals surface area contributed by atoms with Crippen molar-refractivity contribution in [2.75, 3.05) is 74.8 Å². The number of cyclic esters (lactones) is 2. The van der Waals surface area contributed by atoms with E-state index < -0.39 is 114 Å². The molecule has 3 aromatic carbocycles. The van der Waals surface area contributed by atoms with E-state index in [0.717, 1.165) is 11.0 Å². The summed E-state index contributed by atoms with van der Waals surface area (Å²) in [6, 6.07) is 11.6. The average molecular weight is 1170 g/mol. The summed E-state index contributed by atoms with van der Waals surface area (Å²) in [7, 11) is 7.20. The first-order valence-electron chi connectivity index (χ1n) is 28.4. The van der Waals surface area contributed by atoms with Crippen molar-refractivity contribution in [1.82, 2.24) is 29.8 Å². The Kier molecular flexibility index (Phi) is 22.6. The zero-order valence-corrected chi connectivity index (χ0v) is 50.1. The number of aryl methyl sites for hydroxylation is 1. The van der Waals surface area contributed by atoms with Gasteiger partial charge in [0.25, 0.3) is 11.8 Å². The fourth-order valence-electron chi connectivity index (χ4n) is 10.1. The third-order valence-corrected chi connectivity index (χ3v) is 15.4. The Morgan fingerprint density at radius 2 is 1.40 bits per heavy atom. The van der Waals surface area contributed by atoms with Crippen LogP contribution in [0.4, 0.5) is 4.39 Å². The van der Waals surface area contributed by atoms with Gasteiger partial charge in [-0.05, 0) is 128 Å². The standard InChI is InChI=1S/C62H81FN6O15/c1-39-55(73)64-53(40-21-13-12-14-22-40)58(76)67(9)47(36-83-61(2,3)4)57(75)68-32-20-26-45(68)56(74)65(7)30-17-16-27-52(71)82-38-62(5,6)54(72)59(77)69-31-18-15-25-46(69)60(78)84-48(29-28-41-34-49(79-10)50(80-11)35-44(41)63)42-23-19-24-43(33-42)81-37-51(70)66(39)8/h12-14,16,19,21-24,27,33-35,39,45-48,53H,15,17-18,20,25-26,28-32,36-38H2,1-11H3,(H,64,73)/t39-,45-,46-,47-,48?,53?/m0/s1. The minimum atomic E-state index is -1.53. The minimum absolute atomic E-state index is 0.00000335. The number of Topliss-reactive ketones (excluding diaryl/α,β-unsaturated/α-hetero) is 1. The first kappa shape index (κ1) is 65.3. The van der Waals surface area contributed by atoms with Crippen molar-refractivity contribution in [3.63, 3.8) is 0 Å². The molecular weight excluding hydrogens is 1090 g/mol. The van der Waals surface area contributed by atoms with Crippen molar-refractivity contribution in [1.29, 1.82) is 0 Å². The van der Waals surface area contributed by atoms with Crippen LogP contribution in [-0.2, 0) is 63.8 Å². The highest BCUT2D eigenvalue weighted by Gasteiger charge is 2.45. The molecule has 2 saturated heterocycles. The summed E-state index contributed by atoms with van der Waals surface area (Å²) < 4.78 is 50.1. The molecule has 1 N–H and O–H groups in total. The quantitative estimate of drug-likeness (QED) is 0.210. The SMILES string of the molecule is COc1cc(F)c(CCC2OC(=O)[C@@H]3CCCCN3C(=O)C(=O)C(C)(C)COC(=O)C=CCCN(C)C(=O)[C@@H]3CCCN3C(=O)[C@H](COC(C)(C)C)N(C)C(=O)C(c3ccccc3)NC(=O)[C@H](C)N(C)C(=O)COc3cccc2c3)cc1OC. The first-order valence-corrected chi connectivity index (χ1v) is 28.4. The predicted molar refractivity (Wildman–Crippen MR) is 306 cm³/mol. The average Bonchev–Trinajstić information content (AvgIpc) is 3.69. The van der Waals surface area contributed by atoms with E-state index in [0.29, 0.717) is 36.8 Å². The number of nitrogens with one attached hydrogen (secondary N) is 1. The molecule has 0 saturated carbocycles. The lowest BCUT2D eigenvalue weighted by Gasteiger charge is -2.37. The van der Waals surface area contributed by atoms with Crippen LogP contribution >= 0.6 is 0 Å². The smallest absolute Gasteiger partial charge is 0.330 e. The van der Waals surface area contributed by atoms with Gasteiger partial charge in [-0.3, -0.25) is 33.6 Å². The number of nitrogens with zero attached hydrogens (tertiary/aromatic N) is 5. The van der Waals surface area contributed by atoms with E-state index in [1.165, 1.54) is 86.9 Å². The molecule has 456 valence electrons. The molecule has 21 nitrogen and oxygen atoms in total. The number of ketones is 1. The van der Waals surface area contributed by atoms with Gasteiger partial charge in [0.2, 0.25) is 29.4 Å². The van der Waals surface area contributed by atoms with Gasteiger partial charge in [0.15, 0.2) is 18.1 Å². The summed E-state index contributed by atoms with van der Waals surface area (Å²) in [6.07, 6.45) is 3.78. The molecule has 3 heterocycles. The van der Waals surface area contributed by atoms with Gasteiger partial charge < -0.3 is 58.2 Å². The molecule has 3 aliphatic rings. The van der Waals surface area contributed by atoms with Crippen molar-refractivity contribution in [2.45, 2.75) is 135 Å². The number of hydrogen-bond acceptors (Lipinski definition) is 15. The number of halogens is 1.